The Morgan fingerprint density at radius 3 is 2.64 bits per heavy atom. The third-order valence-corrected chi connectivity index (χ3v) is 2.70. The van der Waals surface area contributed by atoms with Crippen LogP contribution in [0, 0.1) is 5.82 Å². The number of hydrogen-bond donors (Lipinski definition) is 1. The molecule has 1 N–H and O–H groups in total. The number of benzene rings is 1. The average molecular weight is 193 g/mol. The van der Waals surface area contributed by atoms with E-state index in [2.05, 4.69) is 26.1 Å². The monoisotopic (exact) mass is 193 g/mol. The molecule has 0 fully saturated rings. The molecule has 2 rings (SSSR count). The number of anilines is 1. The first-order valence-corrected chi connectivity index (χ1v) is 5.06. The summed E-state index contributed by atoms with van der Waals surface area (Å²) in [6, 6.07) is 3.41. The molecule has 0 unspecified atom stereocenters. The second-order valence-corrected chi connectivity index (χ2v) is 4.88. The molecule has 1 aliphatic rings. The van der Waals surface area contributed by atoms with E-state index in [9.17, 15) is 4.39 Å². The van der Waals surface area contributed by atoms with Gasteiger partial charge in [0.05, 0.1) is 0 Å². The van der Waals surface area contributed by atoms with Gasteiger partial charge in [0.2, 0.25) is 0 Å². The highest BCUT2D eigenvalue weighted by molar-refractivity contribution is 5.60. The zero-order valence-corrected chi connectivity index (χ0v) is 8.95. The van der Waals surface area contributed by atoms with E-state index in [0.29, 0.717) is 0 Å². The zero-order chi connectivity index (χ0) is 10.3. The largest absolute Gasteiger partial charge is 0.384 e. The van der Waals surface area contributed by atoms with E-state index in [1.54, 1.807) is 6.07 Å². The standard InChI is InChI=1S/C12H16FN/c1-12(2,3)11-8-6-7-14-10(8)5-4-9(11)13/h4-5,14H,6-7H2,1-3H3. The van der Waals surface area contributed by atoms with Crippen LogP contribution in [0.1, 0.15) is 31.9 Å². The van der Waals surface area contributed by atoms with Crippen molar-refractivity contribution < 1.29 is 4.39 Å². The Balaban J connectivity index is 2.63. The fraction of sp³-hybridized carbons (Fsp3) is 0.500. The maximum atomic E-state index is 13.7. The number of nitrogens with one attached hydrogen (secondary N) is 1. The Bertz CT molecular complexity index is 363. The molecule has 0 bridgehead atoms. The molecular formula is C12H16FN. The van der Waals surface area contributed by atoms with Crippen LogP contribution < -0.4 is 5.32 Å². The minimum atomic E-state index is -0.110. The molecule has 0 radical (unpaired) electrons. The molecule has 0 aromatic heterocycles. The van der Waals surface area contributed by atoms with E-state index >= 15 is 0 Å². The summed E-state index contributed by atoms with van der Waals surface area (Å²) in [4.78, 5) is 0. The van der Waals surface area contributed by atoms with Crippen molar-refractivity contribution in [2.45, 2.75) is 32.6 Å². The van der Waals surface area contributed by atoms with Gasteiger partial charge in [-0.05, 0) is 35.1 Å². The first kappa shape index (κ1) is 9.50. The minimum Gasteiger partial charge on any atom is -0.384 e. The maximum Gasteiger partial charge on any atom is 0.127 e. The van der Waals surface area contributed by atoms with Gasteiger partial charge in [-0.25, -0.2) is 4.39 Å². The molecule has 1 nitrogen and oxygen atoms in total. The van der Waals surface area contributed by atoms with Crippen molar-refractivity contribution in [3.63, 3.8) is 0 Å². The van der Waals surface area contributed by atoms with Gasteiger partial charge in [-0.15, -0.1) is 0 Å². The van der Waals surface area contributed by atoms with Crippen molar-refractivity contribution in [3.05, 3.63) is 29.1 Å². The number of hydrogen-bond acceptors (Lipinski definition) is 1. The predicted octanol–water partition coefficient (Wildman–Crippen LogP) is 3.09. The van der Waals surface area contributed by atoms with Gasteiger partial charge in [0.1, 0.15) is 5.82 Å². The predicted molar refractivity (Wildman–Crippen MR) is 57.3 cm³/mol. The fourth-order valence-corrected chi connectivity index (χ4v) is 2.18. The molecule has 1 aliphatic heterocycles. The van der Waals surface area contributed by atoms with Gasteiger partial charge in [-0.1, -0.05) is 20.8 Å². The maximum absolute atomic E-state index is 13.7. The van der Waals surface area contributed by atoms with Crippen LogP contribution in [0.5, 0.6) is 0 Å². The highest BCUT2D eigenvalue weighted by Crippen LogP contribution is 2.35. The Labute approximate surface area is 84.3 Å². The van der Waals surface area contributed by atoms with Crippen molar-refractivity contribution in [2.24, 2.45) is 0 Å². The molecular weight excluding hydrogens is 177 g/mol. The minimum absolute atomic E-state index is 0.0695. The molecule has 1 aromatic carbocycles. The van der Waals surface area contributed by atoms with Gasteiger partial charge in [0.25, 0.3) is 0 Å². The van der Waals surface area contributed by atoms with Crippen molar-refractivity contribution in [3.8, 4) is 0 Å². The topological polar surface area (TPSA) is 12.0 Å². The molecule has 0 saturated heterocycles. The summed E-state index contributed by atoms with van der Waals surface area (Å²) in [5.74, 6) is -0.0695. The van der Waals surface area contributed by atoms with Gasteiger partial charge in [-0.2, -0.15) is 0 Å². The first-order valence-electron chi connectivity index (χ1n) is 5.06. The van der Waals surface area contributed by atoms with Crippen LogP contribution in [0.2, 0.25) is 0 Å². The molecule has 0 saturated carbocycles. The van der Waals surface area contributed by atoms with Gasteiger partial charge in [-0.3, -0.25) is 0 Å². The summed E-state index contributed by atoms with van der Waals surface area (Å²) in [7, 11) is 0. The summed E-state index contributed by atoms with van der Waals surface area (Å²) in [5, 5.41) is 3.27. The van der Waals surface area contributed by atoms with Crippen molar-refractivity contribution >= 4 is 5.69 Å². The molecule has 0 aliphatic carbocycles. The van der Waals surface area contributed by atoms with Crippen molar-refractivity contribution in [2.75, 3.05) is 11.9 Å². The second-order valence-electron chi connectivity index (χ2n) is 4.88. The summed E-state index contributed by atoms with van der Waals surface area (Å²) in [6.07, 6.45) is 0.944. The molecule has 76 valence electrons. The lowest BCUT2D eigenvalue weighted by Crippen LogP contribution is -2.16. The van der Waals surface area contributed by atoms with Crippen LogP contribution in [0.15, 0.2) is 12.1 Å². The van der Waals surface area contributed by atoms with E-state index in [0.717, 1.165) is 29.8 Å². The highest BCUT2D eigenvalue weighted by atomic mass is 19.1. The quantitative estimate of drug-likeness (QED) is 0.667. The Morgan fingerprint density at radius 1 is 1.29 bits per heavy atom. The highest BCUT2D eigenvalue weighted by Gasteiger charge is 2.26. The molecule has 0 amide bonds. The normalized spacial score (nSPS) is 15.1. The molecule has 14 heavy (non-hydrogen) atoms. The van der Waals surface area contributed by atoms with Crippen LogP contribution >= 0.6 is 0 Å². The molecule has 0 atom stereocenters. The SMILES string of the molecule is CC(C)(C)c1c(F)ccc2c1CCN2. The van der Waals surface area contributed by atoms with Crippen LogP contribution in [0.3, 0.4) is 0 Å². The van der Waals surface area contributed by atoms with E-state index < -0.39 is 0 Å². The number of fused-ring (bicyclic) bond motifs is 1. The number of rotatable bonds is 0. The third-order valence-electron chi connectivity index (χ3n) is 2.70. The van der Waals surface area contributed by atoms with Crippen LogP contribution in [0.25, 0.3) is 0 Å². The van der Waals surface area contributed by atoms with Gasteiger partial charge in [0, 0.05) is 12.2 Å². The third kappa shape index (κ3) is 1.39. The van der Waals surface area contributed by atoms with E-state index in [1.165, 1.54) is 0 Å². The van der Waals surface area contributed by atoms with E-state index in [1.807, 2.05) is 6.07 Å². The first-order chi connectivity index (χ1) is 6.50. The molecule has 2 heteroatoms. The van der Waals surface area contributed by atoms with Crippen LogP contribution in [-0.4, -0.2) is 6.54 Å². The summed E-state index contributed by atoms with van der Waals surface area (Å²) in [5.41, 5.74) is 3.04. The van der Waals surface area contributed by atoms with Gasteiger partial charge >= 0.3 is 0 Å². The van der Waals surface area contributed by atoms with E-state index in [4.69, 9.17) is 0 Å². The average Bonchev–Trinajstić information content (AvgIpc) is 2.48. The van der Waals surface area contributed by atoms with Crippen molar-refractivity contribution in [1.29, 1.82) is 0 Å². The lowest BCUT2D eigenvalue weighted by molar-refractivity contribution is 0.518. The van der Waals surface area contributed by atoms with Crippen LogP contribution in [-0.2, 0) is 11.8 Å². The smallest absolute Gasteiger partial charge is 0.127 e. The molecule has 1 heterocycles. The van der Waals surface area contributed by atoms with E-state index in [-0.39, 0.29) is 11.2 Å². The lowest BCUT2D eigenvalue weighted by Gasteiger charge is -2.23. The Hall–Kier alpha value is -1.05. The van der Waals surface area contributed by atoms with Crippen LogP contribution in [0.4, 0.5) is 10.1 Å². The summed E-state index contributed by atoms with van der Waals surface area (Å²) >= 11 is 0. The molecule has 0 spiro atoms. The lowest BCUT2D eigenvalue weighted by atomic mass is 9.82. The number of halogens is 1. The Morgan fingerprint density at radius 2 is 2.00 bits per heavy atom. The zero-order valence-electron chi connectivity index (χ0n) is 8.95. The summed E-state index contributed by atoms with van der Waals surface area (Å²) in [6.45, 7) is 7.11. The molecule has 1 aromatic rings. The summed E-state index contributed by atoms with van der Waals surface area (Å²) < 4.78 is 13.7. The fourth-order valence-electron chi connectivity index (χ4n) is 2.18. The van der Waals surface area contributed by atoms with Gasteiger partial charge < -0.3 is 5.32 Å². The Kier molecular flexibility index (Phi) is 2.02. The second kappa shape index (κ2) is 2.97. The van der Waals surface area contributed by atoms with Crippen molar-refractivity contribution in [1.82, 2.24) is 0 Å². The van der Waals surface area contributed by atoms with Gasteiger partial charge in [0.15, 0.2) is 0 Å².